The van der Waals surface area contributed by atoms with Crippen LogP contribution in [0.1, 0.15) is 84.8 Å². The number of esters is 1. The van der Waals surface area contributed by atoms with E-state index in [4.69, 9.17) is 18.4 Å². The van der Waals surface area contributed by atoms with E-state index in [9.17, 15) is 4.79 Å². The molecule has 1 saturated carbocycles. The van der Waals surface area contributed by atoms with Crippen LogP contribution in [0.15, 0.2) is 71.3 Å². The van der Waals surface area contributed by atoms with E-state index in [1.807, 2.05) is 19.9 Å². The van der Waals surface area contributed by atoms with E-state index in [1.54, 1.807) is 0 Å². The number of carbonyl (C=O) groups is 1. The van der Waals surface area contributed by atoms with Crippen molar-refractivity contribution in [3.63, 3.8) is 0 Å². The van der Waals surface area contributed by atoms with Crippen LogP contribution in [-0.2, 0) is 18.7 Å². The van der Waals surface area contributed by atoms with Crippen molar-refractivity contribution in [2.24, 2.45) is 5.92 Å². The molecule has 0 amide bonds. The lowest BCUT2D eigenvalue weighted by Gasteiger charge is -2.46. The fourth-order valence-electron chi connectivity index (χ4n) is 7.14. The molecule has 238 valence electrons. The first-order chi connectivity index (χ1) is 21.1. The third kappa shape index (κ3) is 6.97. The summed E-state index contributed by atoms with van der Waals surface area (Å²) in [5, 5.41) is 6.96. The Kier molecular flexibility index (Phi) is 10.3. The van der Waals surface area contributed by atoms with Gasteiger partial charge in [-0.15, -0.1) is 0 Å². The molecule has 3 aromatic rings. The molecule has 2 aromatic carbocycles. The highest BCUT2D eigenvalue weighted by atomic mass is 28.4. The molecule has 1 aromatic heterocycles. The number of aromatic nitrogens is 1. The van der Waals surface area contributed by atoms with Gasteiger partial charge in [0, 0.05) is 25.3 Å². The summed E-state index contributed by atoms with van der Waals surface area (Å²) >= 11 is 0. The molecular weight excluding hydrogens is 568 g/mol. The maximum atomic E-state index is 12.3. The third-order valence-corrected chi connectivity index (χ3v) is 14.6. The van der Waals surface area contributed by atoms with Gasteiger partial charge in [-0.2, -0.15) is 0 Å². The number of carbonyl (C=O) groups excluding carboxylic acids is 1. The lowest BCUT2D eigenvalue weighted by molar-refractivity contribution is -0.144. The van der Waals surface area contributed by atoms with Crippen LogP contribution in [0.4, 0.5) is 5.82 Å². The van der Waals surface area contributed by atoms with Crippen molar-refractivity contribution in [2.75, 3.05) is 25.1 Å². The van der Waals surface area contributed by atoms with Crippen molar-refractivity contribution >= 4 is 30.5 Å². The Labute approximate surface area is 264 Å². The zero-order chi connectivity index (χ0) is 31.3. The molecule has 8 heteroatoms. The summed E-state index contributed by atoms with van der Waals surface area (Å²) in [5.41, 5.74) is 0. The van der Waals surface area contributed by atoms with Crippen molar-refractivity contribution in [2.45, 2.75) is 102 Å². The molecule has 0 spiro atoms. The molecule has 0 N–H and O–H groups in total. The van der Waals surface area contributed by atoms with E-state index >= 15 is 0 Å². The first-order valence-corrected chi connectivity index (χ1v) is 18.3. The second-order valence-electron chi connectivity index (χ2n) is 13.8. The van der Waals surface area contributed by atoms with Gasteiger partial charge in [-0.1, -0.05) is 100 Å². The maximum Gasteiger partial charge on any atom is 0.316 e. The van der Waals surface area contributed by atoms with Crippen molar-refractivity contribution in [3.8, 4) is 0 Å². The van der Waals surface area contributed by atoms with Crippen molar-refractivity contribution < 1.29 is 23.2 Å². The van der Waals surface area contributed by atoms with Crippen LogP contribution < -0.4 is 15.3 Å². The summed E-state index contributed by atoms with van der Waals surface area (Å²) < 4.78 is 24.7. The quantitative estimate of drug-likeness (QED) is 0.191. The van der Waals surface area contributed by atoms with Crippen LogP contribution in [-0.4, -0.2) is 58.0 Å². The van der Waals surface area contributed by atoms with Crippen LogP contribution >= 0.6 is 0 Å². The number of nitrogens with zero attached hydrogens (tertiary/aromatic N) is 2. The van der Waals surface area contributed by atoms with Crippen LogP contribution in [0.25, 0.3) is 0 Å². The minimum atomic E-state index is -2.55. The highest BCUT2D eigenvalue weighted by Crippen LogP contribution is 2.40. The Hall–Kier alpha value is -2.94. The molecule has 2 fully saturated rings. The second-order valence-corrected chi connectivity index (χ2v) is 18.1. The summed E-state index contributed by atoms with van der Waals surface area (Å²) in [7, 11) is -1.14. The van der Waals surface area contributed by atoms with Gasteiger partial charge in [0.2, 0.25) is 0 Å². The van der Waals surface area contributed by atoms with Gasteiger partial charge in [-0.3, -0.25) is 4.79 Å². The normalized spacial score (nSPS) is 20.9. The number of hydrogen-bond acceptors (Lipinski definition) is 7. The van der Waals surface area contributed by atoms with E-state index in [0.717, 1.165) is 57.4 Å². The number of hydrogen-bond donors (Lipinski definition) is 0. The smallest absolute Gasteiger partial charge is 0.316 e. The monoisotopic (exact) mass is 618 g/mol. The summed E-state index contributed by atoms with van der Waals surface area (Å²) in [6.07, 6.45) is 6.74. The Morgan fingerprint density at radius 2 is 1.39 bits per heavy atom. The lowest BCUT2D eigenvalue weighted by atomic mass is 9.93. The molecule has 2 aliphatic rings. The van der Waals surface area contributed by atoms with Crippen LogP contribution in [0.3, 0.4) is 0 Å². The van der Waals surface area contributed by atoms with Crippen molar-refractivity contribution in [1.29, 1.82) is 0 Å². The Morgan fingerprint density at radius 3 is 1.89 bits per heavy atom. The average Bonchev–Trinajstić information content (AvgIpc) is 3.50. The van der Waals surface area contributed by atoms with Gasteiger partial charge in [0.25, 0.3) is 8.32 Å². The third-order valence-electron chi connectivity index (χ3n) is 9.48. The van der Waals surface area contributed by atoms with Gasteiger partial charge in [-0.05, 0) is 59.9 Å². The molecule has 0 radical (unpaired) electrons. The molecule has 2 heterocycles. The second kappa shape index (κ2) is 14.0. The SMILES string of the molecule is COC(=O)C(c1cc(N2CCC(OC3CCC(O[Si](c4ccccc4)(c4ccccc4)C(C)(C)C)CC3)CC2)no1)C(C)C. The molecule has 1 saturated heterocycles. The van der Waals surface area contributed by atoms with E-state index in [-0.39, 0.29) is 35.2 Å². The topological polar surface area (TPSA) is 74.0 Å². The van der Waals surface area contributed by atoms with E-state index in [0.29, 0.717) is 5.76 Å². The Morgan fingerprint density at radius 1 is 0.864 bits per heavy atom. The Balaban J connectivity index is 1.17. The first-order valence-electron chi connectivity index (χ1n) is 16.4. The first kappa shape index (κ1) is 32.5. The molecule has 7 nitrogen and oxygen atoms in total. The standard InChI is InChI=1S/C36H50N2O5Si/c1-26(2)34(35(39)40-6)32-25-33(37-42-32)38-23-21-28(22-24-38)41-27-17-19-29(20-18-27)43-44(36(3,4)5,30-13-9-7-10-14-30)31-15-11-8-12-16-31/h7-16,25-29,34H,17-24H2,1-6H3. The highest BCUT2D eigenvalue weighted by Gasteiger charge is 2.51. The molecule has 5 rings (SSSR count). The molecule has 1 aliphatic heterocycles. The number of ether oxygens (including phenoxy) is 2. The van der Waals surface area contributed by atoms with Gasteiger partial charge < -0.3 is 23.3 Å². The molecule has 1 unspecified atom stereocenters. The molecule has 1 aliphatic carbocycles. The number of rotatable bonds is 10. The Bertz CT molecular complexity index is 1280. The maximum absolute atomic E-state index is 12.3. The highest BCUT2D eigenvalue weighted by molar-refractivity contribution is 6.99. The number of anilines is 1. The van der Waals surface area contributed by atoms with Crippen LogP contribution in [0, 0.1) is 5.92 Å². The predicted molar refractivity (Wildman–Crippen MR) is 177 cm³/mol. The largest absolute Gasteiger partial charge is 0.468 e. The molecule has 44 heavy (non-hydrogen) atoms. The number of piperidine rings is 1. The lowest BCUT2D eigenvalue weighted by Crippen LogP contribution is -2.67. The summed E-state index contributed by atoms with van der Waals surface area (Å²) in [6, 6.07) is 23.8. The molecule has 0 bridgehead atoms. The summed E-state index contributed by atoms with van der Waals surface area (Å²) in [5.74, 6) is 0.678. The van der Waals surface area contributed by atoms with Crippen molar-refractivity contribution in [3.05, 3.63) is 72.5 Å². The number of benzene rings is 2. The van der Waals surface area contributed by atoms with Crippen LogP contribution in [0.2, 0.25) is 5.04 Å². The minimum Gasteiger partial charge on any atom is -0.468 e. The summed E-state index contributed by atoms with van der Waals surface area (Å²) in [6.45, 7) is 12.7. The van der Waals surface area contributed by atoms with Gasteiger partial charge in [0.05, 0.1) is 19.3 Å². The fraction of sp³-hybridized carbons (Fsp3) is 0.556. The van der Waals surface area contributed by atoms with Crippen LogP contribution in [0.5, 0.6) is 0 Å². The fourth-order valence-corrected chi connectivity index (χ4v) is 11.9. The van der Waals surface area contributed by atoms with E-state index < -0.39 is 14.2 Å². The van der Waals surface area contributed by atoms with Gasteiger partial charge in [0.15, 0.2) is 11.6 Å². The molecule has 1 atom stereocenters. The van der Waals surface area contributed by atoms with E-state index in [1.165, 1.54) is 17.5 Å². The van der Waals surface area contributed by atoms with Gasteiger partial charge >= 0.3 is 5.97 Å². The van der Waals surface area contributed by atoms with Crippen molar-refractivity contribution in [1.82, 2.24) is 5.16 Å². The average molecular weight is 619 g/mol. The zero-order valence-corrected chi connectivity index (χ0v) is 28.3. The number of methoxy groups -OCH3 is 1. The minimum absolute atomic E-state index is 0.0172. The summed E-state index contributed by atoms with van der Waals surface area (Å²) in [4.78, 5) is 14.5. The predicted octanol–water partition coefficient (Wildman–Crippen LogP) is 6.46. The zero-order valence-electron chi connectivity index (χ0n) is 27.3. The van der Waals surface area contributed by atoms with E-state index in [2.05, 4.69) is 91.5 Å². The van der Waals surface area contributed by atoms with Gasteiger partial charge in [0.1, 0.15) is 5.92 Å². The molecular formula is C36H50N2O5Si. The van der Waals surface area contributed by atoms with Gasteiger partial charge in [-0.25, -0.2) is 0 Å².